The highest BCUT2D eigenvalue weighted by Gasteiger charge is 2.21. The van der Waals surface area contributed by atoms with Crippen LogP contribution in [0.4, 0.5) is 10.1 Å². The van der Waals surface area contributed by atoms with Gasteiger partial charge in [0.15, 0.2) is 0 Å². The van der Waals surface area contributed by atoms with Crippen LogP contribution in [0.5, 0.6) is 0 Å². The highest BCUT2D eigenvalue weighted by Crippen LogP contribution is 2.23. The lowest BCUT2D eigenvalue weighted by Gasteiger charge is -2.36. The molecule has 0 unspecified atom stereocenters. The number of nitrogens with zero attached hydrogens (tertiary/aromatic N) is 3. The second kappa shape index (κ2) is 7.04. The molecule has 1 aliphatic rings. The van der Waals surface area contributed by atoms with E-state index in [9.17, 15) is 9.18 Å². The van der Waals surface area contributed by atoms with Crippen LogP contribution in [0.2, 0.25) is 0 Å². The first-order valence-electron chi connectivity index (χ1n) is 6.88. The van der Waals surface area contributed by atoms with Crippen molar-refractivity contribution in [1.29, 1.82) is 5.26 Å². The molecule has 0 aliphatic carbocycles. The predicted molar refractivity (Wildman–Crippen MR) is 76.4 cm³/mol. The summed E-state index contributed by atoms with van der Waals surface area (Å²) in [5.41, 5.74) is 0.741. The van der Waals surface area contributed by atoms with Crippen LogP contribution in [0, 0.1) is 17.1 Å². The third-order valence-electron chi connectivity index (χ3n) is 3.68. The fraction of sp³-hybridized carbons (Fsp3) is 0.467. The zero-order valence-electron chi connectivity index (χ0n) is 12.0. The van der Waals surface area contributed by atoms with Gasteiger partial charge in [-0.3, -0.25) is 9.69 Å². The number of esters is 1. The monoisotopic (exact) mass is 291 g/mol. The van der Waals surface area contributed by atoms with Gasteiger partial charge >= 0.3 is 5.97 Å². The Bertz CT molecular complexity index is 548. The normalized spacial score (nSPS) is 15.6. The molecule has 0 spiro atoms. The molecule has 0 aromatic heterocycles. The van der Waals surface area contributed by atoms with Gasteiger partial charge in [0.1, 0.15) is 17.4 Å². The van der Waals surface area contributed by atoms with Gasteiger partial charge < -0.3 is 9.64 Å². The number of rotatable bonds is 4. The number of halogens is 1. The molecule has 1 aliphatic heterocycles. The van der Waals surface area contributed by atoms with Crippen molar-refractivity contribution in [1.82, 2.24) is 4.90 Å². The quantitative estimate of drug-likeness (QED) is 0.785. The molecule has 0 N–H and O–H groups in total. The molecule has 0 saturated carbocycles. The summed E-state index contributed by atoms with van der Waals surface area (Å²) in [4.78, 5) is 15.3. The van der Waals surface area contributed by atoms with Crippen molar-refractivity contribution in [3.8, 4) is 6.07 Å². The Labute approximate surface area is 123 Å². The van der Waals surface area contributed by atoms with Crippen molar-refractivity contribution in [3.05, 3.63) is 29.6 Å². The van der Waals surface area contributed by atoms with Gasteiger partial charge in [0.05, 0.1) is 19.2 Å². The molecule has 2 rings (SSSR count). The van der Waals surface area contributed by atoms with Crippen LogP contribution in [-0.2, 0) is 9.53 Å². The molecule has 0 bridgehead atoms. The summed E-state index contributed by atoms with van der Waals surface area (Å²) in [6.07, 6.45) is 0.375. The average Bonchev–Trinajstić information content (AvgIpc) is 2.52. The number of nitriles is 1. The second-order valence-electron chi connectivity index (χ2n) is 4.90. The Hall–Kier alpha value is -2.13. The van der Waals surface area contributed by atoms with Gasteiger partial charge in [-0.1, -0.05) is 6.07 Å². The summed E-state index contributed by atoms with van der Waals surface area (Å²) >= 11 is 0. The highest BCUT2D eigenvalue weighted by atomic mass is 19.1. The summed E-state index contributed by atoms with van der Waals surface area (Å²) in [6.45, 7) is 3.63. The Morgan fingerprint density at radius 2 is 2.10 bits per heavy atom. The first kappa shape index (κ1) is 15.3. The molecule has 112 valence electrons. The molecule has 1 fully saturated rings. The van der Waals surface area contributed by atoms with E-state index in [2.05, 4.69) is 9.64 Å². The van der Waals surface area contributed by atoms with E-state index in [4.69, 9.17) is 5.26 Å². The number of methoxy groups -OCH3 is 1. The summed E-state index contributed by atoms with van der Waals surface area (Å²) in [5.74, 6) is -0.697. The fourth-order valence-corrected chi connectivity index (χ4v) is 2.45. The summed E-state index contributed by atoms with van der Waals surface area (Å²) in [7, 11) is 1.38. The molecular weight excluding hydrogens is 273 g/mol. The molecule has 21 heavy (non-hydrogen) atoms. The van der Waals surface area contributed by atoms with Crippen LogP contribution < -0.4 is 4.90 Å². The zero-order chi connectivity index (χ0) is 15.2. The first-order chi connectivity index (χ1) is 10.2. The van der Waals surface area contributed by atoms with Gasteiger partial charge in [0.2, 0.25) is 0 Å². The van der Waals surface area contributed by atoms with E-state index < -0.39 is 5.82 Å². The number of ether oxygens (including phenoxy) is 1. The van der Waals surface area contributed by atoms with Gasteiger partial charge in [-0.05, 0) is 12.1 Å². The minimum atomic E-state index is -0.483. The zero-order valence-corrected chi connectivity index (χ0v) is 12.0. The van der Waals surface area contributed by atoms with Crippen molar-refractivity contribution in [2.75, 3.05) is 44.7 Å². The topological polar surface area (TPSA) is 56.6 Å². The number of anilines is 1. The fourth-order valence-electron chi connectivity index (χ4n) is 2.45. The van der Waals surface area contributed by atoms with Crippen molar-refractivity contribution >= 4 is 11.7 Å². The van der Waals surface area contributed by atoms with Gasteiger partial charge in [-0.15, -0.1) is 0 Å². The van der Waals surface area contributed by atoms with Gasteiger partial charge in [0, 0.05) is 32.7 Å². The summed E-state index contributed by atoms with van der Waals surface area (Å²) < 4.78 is 18.2. The number of carbonyl (C=O) groups excluding carboxylic acids is 1. The largest absolute Gasteiger partial charge is 0.469 e. The molecular formula is C15H18FN3O2. The van der Waals surface area contributed by atoms with Crippen molar-refractivity contribution in [2.24, 2.45) is 0 Å². The maximum atomic E-state index is 13.6. The predicted octanol–water partition coefficient (Wildman–Crippen LogP) is 1.38. The molecule has 1 aromatic carbocycles. The van der Waals surface area contributed by atoms with E-state index in [1.807, 2.05) is 11.0 Å². The molecule has 0 amide bonds. The van der Waals surface area contributed by atoms with Crippen LogP contribution in [0.3, 0.4) is 0 Å². The Balaban J connectivity index is 1.94. The smallest absolute Gasteiger partial charge is 0.306 e. The first-order valence-corrected chi connectivity index (χ1v) is 6.88. The molecule has 1 saturated heterocycles. The van der Waals surface area contributed by atoms with E-state index in [-0.39, 0.29) is 11.5 Å². The lowest BCUT2D eigenvalue weighted by atomic mass is 10.1. The Morgan fingerprint density at radius 1 is 1.38 bits per heavy atom. The van der Waals surface area contributed by atoms with Gasteiger partial charge in [-0.2, -0.15) is 5.26 Å². The Morgan fingerprint density at radius 3 is 2.71 bits per heavy atom. The van der Waals surface area contributed by atoms with Crippen LogP contribution in [0.15, 0.2) is 18.2 Å². The van der Waals surface area contributed by atoms with Crippen LogP contribution in [0.25, 0.3) is 0 Å². The number of piperazine rings is 1. The number of benzene rings is 1. The van der Waals surface area contributed by atoms with E-state index in [1.165, 1.54) is 13.2 Å². The molecule has 0 radical (unpaired) electrons. The third kappa shape index (κ3) is 3.70. The number of hydrogen-bond donors (Lipinski definition) is 0. The highest BCUT2D eigenvalue weighted by molar-refractivity contribution is 5.69. The Kier molecular flexibility index (Phi) is 5.12. The number of carbonyl (C=O) groups is 1. The van der Waals surface area contributed by atoms with E-state index >= 15 is 0 Å². The maximum absolute atomic E-state index is 13.6. The SMILES string of the molecule is COC(=O)CCN1CCN(c2cccc(F)c2C#N)CC1. The van der Waals surface area contributed by atoms with Crippen molar-refractivity contribution < 1.29 is 13.9 Å². The number of hydrogen-bond acceptors (Lipinski definition) is 5. The lowest BCUT2D eigenvalue weighted by Crippen LogP contribution is -2.47. The third-order valence-corrected chi connectivity index (χ3v) is 3.68. The molecule has 6 heteroatoms. The molecule has 1 aromatic rings. The van der Waals surface area contributed by atoms with Crippen molar-refractivity contribution in [2.45, 2.75) is 6.42 Å². The lowest BCUT2D eigenvalue weighted by molar-refractivity contribution is -0.141. The van der Waals surface area contributed by atoms with E-state index in [1.54, 1.807) is 12.1 Å². The van der Waals surface area contributed by atoms with Gasteiger partial charge in [-0.25, -0.2) is 4.39 Å². The average molecular weight is 291 g/mol. The standard InChI is InChI=1S/C15H18FN3O2/c1-21-15(20)5-6-18-7-9-19(10-8-18)14-4-2-3-13(16)12(14)11-17/h2-4H,5-10H2,1H3. The summed E-state index contributed by atoms with van der Waals surface area (Å²) in [5, 5.41) is 9.08. The van der Waals surface area contributed by atoms with Crippen LogP contribution in [-0.4, -0.2) is 50.7 Å². The molecule has 1 heterocycles. The molecule has 5 nitrogen and oxygen atoms in total. The van der Waals surface area contributed by atoms with Crippen LogP contribution in [0.1, 0.15) is 12.0 Å². The van der Waals surface area contributed by atoms with Crippen molar-refractivity contribution in [3.63, 3.8) is 0 Å². The second-order valence-corrected chi connectivity index (χ2v) is 4.90. The summed E-state index contributed by atoms with van der Waals surface area (Å²) in [6, 6.07) is 6.62. The maximum Gasteiger partial charge on any atom is 0.306 e. The minimum Gasteiger partial charge on any atom is -0.469 e. The van der Waals surface area contributed by atoms with Crippen LogP contribution >= 0.6 is 0 Å². The van der Waals surface area contributed by atoms with E-state index in [0.29, 0.717) is 31.7 Å². The molecule has 0 atom stereocenters. The van der Waals surface area contributed by atoms with Gasteiger partial charge in [0.25, 0.3) is 0 Å². The van der Waals surface area contributed by atoms with E-state index in [0.717, 1.165) is 13.1 Å². The minimum absolute atomic E-state index is 0.0977.